The highest BCUT2D eigenvalue weighted by atomic mass is 16.7. The lowest BCUT2D eigenvalue weighted by Crippen LogP contribution is -2.14. The maximum absolute atomic E-state index is 12.3. The van der Waals surface area contributed by atoms with E-state index in [9.17, 15) is 4.79 Å². The molecule has 28 heavy (non-hydrogen) atoms. The molecule has 1 aromatic heterocycles. The number of carbonyl (C=O) groups excluding carboxylic acids is 1. The van der Waals surface area contributed by atoms with Crippen LogP contribution in [0, 0.1) is 0 Å². The first kappa shape index (κ1) is 17.7. The van der Waals surface area contributed by atoms with Gasteiger partial charge in [-0.3, -0.25) is 10.1 Å². The summed E-state index contributed by atoms with van der Waals surface area (Å²) in [5.41, 5.74) is 1.33. The van der Waals surface area contributed by atoms with Crippen molar-refractivity contribution in [2.75, 3.05) is 26.3 Å². The molecule has 0 unspecified atom stereocenters. The summed E-state index contributed by atoms with van der Waals surface area (Å²) in [4.78, 5) is 12.3. The molecule has 1 N–H and O–H groups in total. The van der Waals surface area contributed by atoms with E-state index >= 15 is 0 Å². The number of aromatic nitrogens is 2. The minimum atomic E-state index is -0.299. The van der Waals surface area contributed by atoms with Crippen molar-refractivity contribution in [1.82, 2.24) is 10.2 Å². The van der Waals surface area contributed by atoms with Gasteiger partial charge in [0.2, 0.25) is 12.7 Å². The maximum atomic E-state index is 12.3. The highest BCUT2D eigenvalue weighted by molar-refractivity contribution is 5.90. The molecule has 1 aliphatic heterocycles. The molecule has 2 aromatic carbocycles. The normalized spacial score (nSPS) is 11.9. The quantitative estimate of drug-likeness (QED) is 0.693. The Morgan fingerprint density at radius 2 is 1.93 bits per heavy atom. The molecule has 144 valence electrons. The second-order valence-corrected chi connectivity index (χ2v) is 5.89. The lowest BCUT2D eigenvalue weighted by molar-refractivity contribution is -0.115. The van der Waals surface area contributed by atoms with Crippen LogP contribution in [0.3, 0.4) is 0 Å². The van der Waals surface area contributed by atoms with Gasteiger partial charge >= 0.3 is 6.01 Å². The van der Waals surface area contributed by atoms with Crippen LogP contribution < -0.4 is 24.3 Å². The predicted molar refractivity (Wildman–Crippen MR) is 97.7 cm³/mol. The van der Waals surface area contributed by atoms with E-state index in [2.05, 4.69) is 15.5 Å². The number of hydrogen-bond donors (Lipinski definition) is 1. The van der Waals surface area contributed by atoms with Crippen molar-refractivity contribution in [3.8, 4) is 34.5 Å². The summed E-state index contributed by atoms with van der Waals surface area (Å²) in [7, 11) is 3.09. The zero-order valence-corrected chi connectivity index (χ0v) is 15.2. The summed E-state index contributed by atoms with van der Waals surface area (Å²) in [6, 6.07) is 10.5. The van der Waals surface area contributed by atoms with Gasteiger partial charge in [0.25, 0.3) is 5.89 Å². The average molecular weight is 383 g/mol. The van der Waals surface area contributed by atoms with E-state index in [1.165, 1.54) is 7.11 Å². The van der Waals surface area contributed by atoms with Crippen molar-refractivity contribution in [1.29, 1.82) is 0 Å². The third kappa shape index (κ3) is 3.54. The van der Waals surface area contributed by atoms with E-state index in [4.69, 9.17) is 23.4 Å². The molecule has 2 heterocycles. The second-order valence-electron chi connectivity index (χ2n) is 5.89. The number of rotatable bonds is 6. The molecule has 0 bridgehead atoms. The zero-order valence-electron chi connectivity index (χ0n) is 15.2. The van der Waals surface area contributed by atoms with Crippen LogP contribution in [0.4, 0.5) is 6.01 Å². The van der Waals surface area contributed by atoms with Gasteiger partial charge in [-0.2, -0.15) is 0 Å². The molecule has 9 heteroatoms. The predicted octanol–water partition coefficient (Wildman–Crippen LogP) is 2.66. The summed E-state index contributed by atoms with van der Waals surface area (Å²) < 4.78 is 26.7. The minimum absolute atomic E-state index is 0.00869. The first-order valence-corrected chi connectivity index (χ1v) is 8.40. The molecule has 0 radical (unpaired) electrons. The Labute approximate surface area is 160 Å². The molecule has 0 fully saturated rings. The number of anilines is 1. The van der Waals surface area contributed by atoms with Crippen molar-refractivity contribution in [3.05, 3.63) is 42.0 Å². The second kappa shape index (κ2) is 7.47. The SMILES string of the molecule is COc1ccc(OC)c(-c2nnc(NC(=O)Cc3ccc4c(c3)OCO4)o2)c1. The number of ether oxygens (including phenoxy) is 4. The first-order valence-electron chi connectivity index (χ1n) is 8.40. The van der Waals surface area contributed by atoms with E-state index in [1.54, 1.807) is 43.5 Å². The zero-order chi connectivity index (χ0) is 19.5. The van der Waals surface area contributed by atoms with Crippen molar-refractivity contribution in [2.24, 2.45) is 0 Å². The highest BCUT2D eigenvalue weighted by Crippen LogP contribution is 2.34. The Hall–Kier alpha value is -3.75. The van der Waals surface area contributed by atoms with Crippen LogP contribution in [-0.4, -0.2) is 37.1 Å². The Kier molecular flexibility index (Phi) is 4.71. The van der Waals surface area contributed by atoms with E-state index < -0.39 is 0 Å². The van der Waals surface area contributed by atoms with Crippen LogP contribution in [0.1, 0.15) is 5.56 Å². The molecule has 0 saturated heterocycles. The smallest absolute Gasteiger partial charge is 0.322 e. The topological polar surface area (TPSA) is 105 Å². The van der Waals surface area contributed by atoms with E-state index in [-0.39, 0.29) is 31.0 Å². The van der Waals surface area contributed by atoms with Crippen LogP contribution in [0.25, 0.3) is 11.5 Å². The Balaban J connectivity index is 1.47. The molecule has 1 aliphatic rings. The average Bonchev–Trinajstić information content (AvgIpc) is 3.36. The van der Waals surface area contributed by atoms with Gasteiger partial charge in [-0.25, -0.2) is 0 Å². The lowest BCUT2D eigenvalue weighted by atomic mass is 10.1. The van der Waals surface area contributed by atoms with Gasteiger partial charge < -0.3 is 23.4 Å². The highest BCUT2D eigenvalue weighted by Gasteiger charge is 2.18. The van der Waals surface area contributed by atoms with Crippen LogP contribution >= 0.6 is 0 Å². The molecule has 0 spiro atoms. The number of nitrogens with one attached hydrogen (secondary N) is 1. The molecule has 3 aromatic rings. The molecule has 9 nitrogen and oxygen atoms in total. The summed E-state index contributed by atoms with van der Waals surface area (Å²) in [6.45, 7) is 0.184. The van der Waals surface area contributed by atoms with Gasteiger partial charge in [0.1, 0.15) is 11.5 Å². The van der Waals surface area contributed by atoms with Gasteiger partial charge in [0.05, 0.1) is 26.2 Å². The monoisotopic (exact) mass is 383 g/mol. The molecular weight excluding hydrogens is 366 g/mol. The Morgan fingerprint density at radius 1 is 1.07 bits per heavy atom. The van der Waals surface area contributed by atoms with Crippen molar-refractivity contribution in [2.45, 2.75) is 6.42 Å². The third-order valence-corrected chi connectivity index (χ3v) is 4.11. The van der Waals surface area contributed by atoms with Crippen molar-refractivity contribution < 1.29 is 28.2 Å². The molecule has 0 aliphatic carbocycles. The summed E-state index contributed by atoms with van der Waals surface area (Å²) in [6.07, 6.45) is 0.122. The van der Waals surface area contributed by atoms with Gasteiger partial charge in [-0.15, -0.1) is 5.10 Å². The number of fused-ring (bicyclic) bond motifs is 1. The molecule has 0 atom stereocenters. The minimum Gasteiger partial charge on any atom is -0.497 e. The van der Waals surface area contributed by atoms with Gasteiger partial charge in [-0.1, -0.05) is 11.2 Å². The van der Waals surface area contributed by atoms with E-state index in [0.717, 1.165) is 5.56 Å². The Bertz CT molecular complexity index is 1020. The fraction of sp³-hybridized carbons (Fsp3) is 0.211. The fourth-order valence-corrected chi connectivity index (χ4v) is 2.76. The van der Waals surface area contributed by atoms with E-state index in [0.29, 0.717) is 28.6 Å². The van der Waals surface area contributed by atoms with Crippen molar-refractivity contribution in [3.63, 3.8) is 0 Å². The van der Waals surface area contributed by atoms with Crippen LogP contribution in [0.15, 0.2) is 40.8 Å². The third-order valence-electron chi connectivity index (χ3n) is 4.11. The van der Waals surface area contributed by atoms with E-state index in [1.807, 2.05) is 0 Å². The fourth-order valence-electron chi connectivity index (χ4n) is 2.76. The lowest BCUT2D eigenvalue weighted by Gasteiger charge is -2.07. The molecule has 0 saturated carbocycles. The summed E-state index contributed by atoms with van der Waals surface area (Å²) >= 11 is 0. The number of benzene rings is 2. The number of hydrogen-bond acceptors (Lipinski definition) is 8. The largest absolute Gasteiger partial charge is 0.497 e. The number of amides is 1. The number of carbonyl (C=O) groups is 1. The maximum Gasteiger partial charge on any atom is 0.322 e. The first-order chi connectivity index (χ1) is 13.7. The molecule has 1 amide bonds. The standard InChI is InChI=1S/C19H17N3O6/c1-24-12-4-6-14(25-2)13(9-12)18-21-22-19(28-18)20-17(23)8-11-3-5-15-16(7-11)27-10-26-15/h3-7,9H,8,10H2,1-2H3,(H,20,22,23). The number of methoxy groups -OCH3 is 2. The summed E-state index contributed by atoms with van der Waals surface area (Å²) in [5, 5.41) is 10.4. The van der Waals surface area contributed by atoms with Crippen molar-refractivity contribution >= 4 is 11.9 Å². The van der Waals surface area contributed by atoms with Crippen LogP contribution in [0.2, 0.25) is 0 Å². The summed E-state index contributed by atoms with van der Waals surface area (Å²) in [5.74, 6) is 2.35. The van der Waals surface area contributed by atoms with Crippen LogP contribution in [-0.2, 0) is 11.2 Å². The van der Waals surface area contributed by atoms with Gasteiger partial charge in [0.15, 0.2) is 11.5 Å². The van der Waals surface area contributed by atoms with Gasteiger partial charge in [-0.05, 0) is 35.9 Å². The van der Waals surface area contributed by atoms with Gasteiger partial charge in [0, 0.05) is 0 Å². The number of nitrogens with zero attached hydrogens (tertiary/aromatic N) is 2. The van der Waals surface area contributed by atoms with Crippen LogP contribution in [0.5, 0.6) is 23.0 Å². The molecular formula is C19H17N3O6. The Morgan fingerprint density at radius 3 is 2.75 bits per heavy atom. The molecule has 4 rings (SSSR count).